The molecule has 0 saturated heterocycles. The molecular formula is C13H19N5O2. The van der Waals surface area contributed by atoms with Crippen molar-refractivity contribution >= 4 is 0 Å². The molecule has 1 aliphatic rings. The second-order valence-corrected chi connectivity index (χ2v) is 5.09. The number of rotatable bonds is 7. The SMILES string of the molecule is CCOC(c1noc([C@H](N)Cc2cnc[nH]2)n1)C1CC1. The second-order valence-electron chi connectivity index (χ2n) is 5.09. The summed E-state index contributed by atoms with van der Waals surface area (Å²) in [6, 6.07) is -0.335. The molecule has 2 aromatic rings. The maximum Gasteiger partial charge on any atom is 0.244 e. The number of aromatic nitrogens is 4. The first-order valence-corrected chi connectivity index (χ1v) is 6.96. The van der Waals surface area contributed by atoms with Crippen molar-refractivity contribution in [2.45, 2.75) is 38.3 Å². The van der Waals surface area contributed by atoms with Gasteiger partial charge in [0.2, 0.25) is 11.7 Å². The van der Waals surface area contributed by atoms with Gasteiger partial charge < -0.3 is 20.0 Å². The number of imidazole rings is 1. The molecule has 0 aromatic carbocycles. The number of nitrogens with two attached hydrogens (primary N) is 1. The molecule has 2 heterocycles. The molecule has 1 unspecified atom stereocenters. The molecule has 0 spiro atoms. The number of nitrogens with one attached hydrogen (secondary N) is 1. The summed E-state index contributed by atoms with van der Waals surface area (Å²) in [6.45, 7) is 2.62. The maximum absolute atomic E-state index is 6.08. The largest absolute Gasteiger partial charge is 0.370 e. The summed E-state index contributed by atoms with van der Waals surface area (Å²) in [5, 5.41) is 4.03. The van der Waals surface area contributed by atoms with Crippen LogP contribution in [0.3, 0.4) is 0 Å². The van der Waals surface area contributed by atoms with Crippen LogP contribution >= 0.6 is 0 Å². The monoisotopic (exact) mass is 277 g/mol. The molecule has 2 aromatic heterocycles. The molecule has 1 aliphatic carbocycles. The van der Waals surface area contributed by atoms with E-state index in [0.29, 0.717) is 30.7 Å². The molecular weight excluding hydrogens is 258 g/mol. The van der Waals surface area contributed by atoms with Crippen molar-refractivity contribution in [2.24, 2.45) is 11.7 Å². The van der Waals surface area contributed by atoms with Crippen LogP contribution in [0.4, 0.5) is 0 Å². The zero-order valence-electron chi connectivity index (χ0n) is 11.5. The minimum absolute atomic E-state index is 0.0585. The smallest absolute Gasteiger partial charge is 0.244 e. The van der Waals surface area contributed by atoms with E-state index in [1.165, 1.54) is 0 Å². The van der Waals surface area contributed by atoms with Crippen LogP contribution in [-0.2, 0) is 11.2 Å². The lowest BCUT2D eigenvalue weighted by Gasteiger charge is -2.11. The van der Waals surface area contributed by atoms with E-state index in [4.69, 9.17) is 15.0 Å². The summed E-state index contributed by atoms with van der Waals surface area (Å²) in [5.74, 6) is 1.58. The number of aromatic amines is 1. The van der Waals surface area contributed by atoms with Crippen molar-refractivity contribution in [3.8, 4) is 0 Å². The first-order chi connectivity index (χ1) is 9.78. The zero-order chi connectivity index (χ0) is 13.9. The second kappa shape index (κ2) is 5.72. The van der Waals surface area contributed by atoms with Crippen molar-refractivity contribution in [1.82, 2.24) is 20.1 Å². The van der Waals surface area contributed by atoms with Crippen molar-refractivity contribution in [3.05, 3.63) is 29.9 Å². The van der Waals surface area contributed by atoms with Crippen molar-refractivity contribution < 1.29 is 9.26 Å². The van der Waals surface area contributed by atoms with Crippen LogP contribution in [0.5, 0.6) is 0 Å². The van der Waals surface area contributed by atoms with E-state index in [1.807, 2.05) is 6.92 Å². The molecule has 20 heavy (non-hydrogen) atoms. The fourth-order valence-corrected chi connectivity index (χ4v) is 2.23. The van der Waals surface area contributed by atoms with Crippen molar-refractivity contribution in [2.75, 3.05) is 6.61 Å². The molecule has 1 fully saturated rings. The van der Waals surface area contributed by atoms with Gasteiger partial charge in [0.25, 0.3) is 0 Å². The van der Waals surface area contributed by atoms with Gasteiger partial charge in [0.15, 0.2) is 0 Å². The first-order valence-electron chi connectivity index (χ1n) is 6.96. The minimum Gasteiger partial charge on any atom is -0.370 e. The zero-order valence-corrected chi connectivity index (χ0v) is 11.5. The van der Waals surface area contributed by atoms with Gasteiger partial charge in [-0.05, 0) is 25.7 Å². The predicted octanol–water partition coefficient (Wildman–Crippen LogP) is 1.52. The lowest BCUT2D eigenvalue weighted by molar-refractivity contribution is 0.0384. The Morgan fingerprint density at radius 2 is 2.40 bits per heavy atom. The van der Waals surface area contributed by atoms with E-state index in [2.05, 4.69) is 20.1 Å². The topological polar surface area (TPSA) is 103 Å². The van der Waals surface area contributed by atoms with E-state index in [-0.39, 0.29) is 12.1 Å². The molecule has 0 aliphatic heterocycles. The Morgan fingerprint density at radius 1 is 1.55 bits per heavy atom. The quantitative estimate of drug-likeness (QED) is 0.795. The maximum atomic E-state index is 6.08. The van der Waals surface area contributed by atoms with Crippen LogP contribution in [0.1, 0.15) is 49.3 Å². The molecule has 0 radical (unpaired) electrons. The van der Waals surface area contributed by atoms with Gasteiger partial charge in [0, 0.05) is 24.9 Å². The highest BCUT2D eigenvalue weighted by Crippen LogP contribution is 2.42. The van der Waals surface area contributed by atoms with E-state index in [9.17, 15) is 0 Å². The minimum atomic E-state index is -0.335. The Balaban J connectivity index is 1.68. The van der Waals surface area contributed by atoms with Gasteiger partial charge in [-0.25, -0.2) is 4.98 Å². The van der Waals surface area contributed by atoms with Gasteiger partial charge in [0.05, 0.1) is 12.4 Å². The average molecular weight is 277 g/mol. The van der Waals surface area contributed by atoms with E-state index < -0.39 is 0 Å². The van der Waals surface area contributed by atoms with Gasteiger partial charge in [0.1, 0.15) is 6.10 Å². The summed E-state index contributed by atoms with van der Waals surface area (Å²) in [5.41, 5.74) is 7.03. The molecule has 0 amide bonds. The van der Waals surface area contributed by atoms with Gasteiger partial charge in [-0.3, -0.25) is 0 Å². The van der Waals surface area contributed by atoms with E-state index in [0.717, 1.165) is 18.5 Å². The third-order valence-electron chi connectivity index (χ3n) is 3.42. The molecule has 2 atom stereocenters. The highest BCUT2D eigenvalue weighted by molar-refractivity contribution is 5.04. The highest BCUT2D eigenvalue weighted by atomic mass is 16.5. The molecule has 0 bridgehead atoms. The van der Waals surface area contributed by atoms with Crippen LogP contribution in [0, 0.1) is 5.92 Å². The van der Waals surface area contributed by atoms with Gasteiger partial charge in [-0.15, -0.1) is 0 Å². The molecule has 7 heteroatoms. The summed E-state index contributed by atoms with van der Waals surface area (Å²) in [7, 11) is 0. The first kappa shape index (κ1) is 13.3. The number of hydrogen-bond acceptors (Lipinski definition) is 6. The molecule has 108 valence electrons. The molecule has 3 rings (SSSR count). The Hall–Kier alpha value is -1.73. The molecule has 7 nitrogen and oxygen atoms in total. The van der Waals surface area contributed by atoms with Crippen molar-refractivity contribution in [3.63, 3.8) is 0 Å². The summed E-state index contributed by atoms with van der Waals surface area (Å²) < 4.78 is 11.0. The third-order valence-corrected chi connectivity index (χ3v) is 3.42. The van der Waals surface area contributed by atoms with E-state index >= 15 is 0 Å². The Morgan fingerprint density at radius 3 is 3.05 bits per heavy atom. The summed E-state index contributed by atoms with van der Waals surface area (Å²) >= 11 is 0. The standard InChI is InChI=1S/C13H19N5O2/c1-2-19-11(8-3-4-8)12-17-13(20-18-12)10(14)5-9-6-15-7-16-9/h6-8,10-11H,2-5,14H2,1H3,(H,15,16)/t10-,11?/m1/s1. The molecule has 1 saturated carbocycles. The lowest BCUT2D eigenvalue weighted by Crippen LogP contribution is -2.15. The van der Waals surface area contributed by atoms with E-state index in [1.54, 1.807) is 12.5 Å². The Bertz CT molecular complexity index is 535. The molecule has 3 N–H and O–H groups in total. The summed E-state index contributed by atoms with van der Waals surface area (Å²) in [4.78, 5) is 11.4. The number of nitrogens with zero attached hydrogens (tertiary/aromatic N) is 3. The number of ether oxygens (including phenoxy) is 1. The van der Waals surface area contributed by atoms with Crippen LogP contribution in [0.2, 0.25) is 0 Å². The fourth-order valence-electron chi connectivity index (χ4n) is 2.23. The normalized spacial score (nSPS) is 18.1. The predicted molar refractivity (Wildman–Crippen MR) is 70.6 cm³/mol. The van der Waals surface area contributed by atoms with Crippen LogP contribution in [0.15, 0.2) is 17.0 Å². The van der Waals surface area contributed by atoms with Gasteiger partial charge >= 0.3 is 0 Å². The Labute approximate surface area is 116 Å². The Kier molecular flexibility index (Phi) is 3.79. The van der Waals surface area contributed by atoms with Crippen LogP contribution < -0.4 is 5.73 Å². The van der Waals surface area contributed by atoms with Gasteiger partial charge in [-0.1, -0.05) is 5.16 Å². The van der Waals surface area contributed by atoms with Crippen molar-refractivity contribution in [1.29, 1.82) is 0 Å². The fraction of sp³-hybridized carbons (Fsp3) is 0.615. The van der Waals surface area contributed by atoms with Crippen LogP contribution in [-0.4, -0.2) is 26.7 Å². The third kappa shape index (κ3) is 2.88. The highest BCUT2D eigenvalue weighted by Gasteiger charge is 2.36. The number of hydrogen-bond donors (Lipinski definition) is 2. The average Bonchev–Trinajstić information content (AvgIpc) is 2.94. The van der Waals surface area contributed by atoms with Gasteiger partial charge in [-0.2, -0.15) is 4.98 Å². The lowest BCUT2D eigenvalue weighted by atomic mass is 10.2. The summed E-state index contributed by atoms with van der Waals surface area (Å²) in [6.07, 6.45) is 6.22. The van der Waals surface area contributed by atoms with Crippen LogP contribution in [0.25, 0.3) is 0 Å². The number of H-pyrrole nitrogens is 1.